The molecule has 1 N–H and O–H groups in total. The molecule has 3 rings (SSSR count). The molecule has 27 heavy (non-hydrogen) atoms. The van der Waals surface area contributed by atoms with E-state index >= 15 is 0 Å². The maximum absolute atomic E-state index is 12.9. The lowest BCUT2D eigenvalue weighted by atomic mass is 10.0. The SMILES string of the molecule is Cc1c(C2=C(O)c3ncccc3CS2(=O)=O)ccc(Cl)c1N(C)S(C)(=O)=O. The molecule has 0 radical (unpaired) electrons. The summed E-state index contributed by atoms with van der Waals surface area (Å²) in [6, 6.07) is 6.04. The predicted octanol–water partition coefficient (Wildman–Crippen LogP) is 2.75. The Hall–Kier alpha value is -2.10. The molecule has 2 aromatic rings. The second-order valence-electron chi connectivity index (χ2n) is 6.25. The molecule has 2 heterocycles. The number of rotatable bonds is 3. The van der Waals surface area contributed by atoms with Crippen LogP contribution < -0.4 is 4.31 Å². The van der Waals surface area contributed by atoms with Gasteiger partial charge < -0.3 is 5.11 Å². The monoisotopic (exact) mass is 428 g/mol. The maximum Gasteiger partial charge on any atom is 0.232 e. The van der Waals surface area contributed by atoms with Crippen LogP contribution in [-0.4, -0.2) is 40.2 Å². The van der Waals surface area contributed by atoms with Crippen LogP contribution in [-0.2, 0) is 25.6 Å². The molecule has 144 valence electrons. The molecule has 0 bridgehead atoms. The Kier molecular flexibility index (Phi) is 4.73. The van der Waals surface area contributed by atoms with Gasteiger partial charge in [0.1, 0.15) is 10.6 Å². The molecule has 1 aliphatic rings. The van der Waals surface area contributed by atoms with Crippen molar-refractivity contribution in [2.24, 2.45) is 0 Å². The lowest BCUT2D eigenvalue weighted by Crippen LogP contribution is -2.26. The summed E-state index contributed by atoms with van der Waals surface area (Å²) in [5.41, 5.74) is 1.24. The number of nitrogens with zero attached hydrogens (tertiary/aromatic N) is 2. The van der Waals surface area contributed by atoms with Gasteiger partial charge in [-0.05, 0) is 30.2 Å². The van der Waals surface area contributed by atoms with Gasteiger partial charge in [0, 0.05) is 18.8 Å². The third kappa shape index (κ3) is 3.30. The second kappa shape index (κ2) is 6.50. The maximum atomic E-state index is 12.9. The molecule has 1 aromatic heterocycles. The molecule has 10 heteroatoms. The van der Waals surface area contributed by atoms with Crippen molar-refractivity contribution in [3.05, 3.63) is 57.9 Å². The number of aliphatic hydroxyl groups excluding tert-OH is 1. The molecule has 0 saturated carbocycles. The summed E-state index contributed by atoms with van der Waals surface area (Å²) in [6.07, 6.45) is 2.48. The van der Waals surface area contributed by atoms with Crippen LogP contribution in [0.5, 0.6) is 0 Å². The molecule has 0 amide bonds. The number of halogens is 1. The molecule has 0 unspecified atom stereocenters. The number of aromatic nitrogens is 1. The summed E-state index contributed by atoms with van der Waals surface area (Å²) in [5, 5.41) is 10.8. The smallest absolute Gasteiger partial charge is 0.232 e. The molecule has 1 aliphatic heterocycles. The number of pyridine rings is 1. The van der Waals surface area contributed by atoms with Crippen molar-refractivity contribution in [3.63, 3.8) is 0 Å². The number of fused-ring (bicyclic) bond motifs is 1. The van der Waals surface area contributed by atoms with Crippen molar-refractivity contribution in [3.8, 4) is 0 Å². The molecule has 0 aliphatic carbocycles. The summed E-state index contributed by atoms with van der Waals surface area (Å²) in [4.78, 5) is 3.79. The van der Waals surface area contributed by atoms with E-state index in [1.807, 2.05) is 0 Å². The number of hydrogen-bond acceptors (Lipinski definition) is 6. The van der Waals surface area contributed by atoms with Gasteiger partial charge in [-0.1, -0.05) is 23.7 Å². The van der Waals surface area contributed by atoms with E-state index < -0.39 is 25.6 Å². The average Bonchev–Trinajstić information content (AvgIpc) is 2.55. The Morgan fingerprint density at radius 1 is 1.26 bits per heavy atom. The van der Waals surface area contributed by atoms with E-state index in [1.165, 1.54) is 25.4 Å². The van der Waals surface area contributed by atoms with Gasteiger partial charge in [-0.15, -0.1) is 0 Å². The first-order chi connectivity index (χ1) is 12.4. The first kappa shape index (κ1) is 19.7. The first-order valence-electron chi connectivity index (χ1n) is 7.79. The molecular weight excluding hydrogens is 412 g/mol. The number of sulfonamides is 1. The van der Waals surface area contributed by atoms with Gasteiger partial charge in [0.05, 0.1) is 22.7 Å². The molecule has 0 fully saturated rings. The zero-order valence-corrected chi connectivity index (χ0v) is 17.2. The van der Waals surface area contributed by atoms with E-state index in [0.717, 1.165) is 10.6 Å². The summed E-state index contributed by atoms with van der Waals surface area (Å²) in [5.74, 6) is -0.773. The highest BCUT2D eigenvalue weighted by molar-refractivity contribution is 8.00. The van der Waals surface area contributed by atoms with Crippen LogP contribution in [0.15, 0.2) is 30.5 Å². The Labute approximate surface area is 162 Å². The highest BCUT2D eigenvalue weighted by Gasteiger charge is 2.34. The molecule has 0 spiro atoms. The van der Waals surface area contributed by atoms with Gasteiger partial charge >= 0.3 is 0 Å². The summed E-state index contributed by atoms with van der Waals surface area (Å²) >= 11 is 6.18. The van der Waals surface area contributed by atoms with Crippen LogP contribution in [0.2, 0.25) is 5.02 Å². The van der Waals surface area contributed by atoms with Crippen LogP contribution in [0.1, 0.15) is 22.4 Å². The number of aliphatic hydroxyl groups is 1. The number of sulfone groups is 1. The fraction of sp³-hybridized carbons (Fsp3) is 0.235. The van der Waals surface area contributed by atoms with Crippen molar-refractivity contribution in [2.75, 3.05) is 17.6 Å². The zero-order chi connectivity index (χ0) is 20.1. The molecule has 7 nitrogen and oxygen atoms in total. The third-order valence-corrected chi connectivity index (χ3v) is 7.63. The van der Waals surface area contributed by atoms with Gasteiger partial charge in [-0.3, -0.25) is 9.29 Å². The first-order valence-corrected chi connectivity index (χ1v) is 11.7. The van der Waals surface area contributed by atoms with Crippen molar-refractivity contribution < 1.29 is 21.9 Å². The summed E-state index contributed by atoms with van der Waals surface area (Å²) < 4.78 is 50.6. The summed E-state index contributed by atoms with van der Waals surface area (Å²) in [7, 11) is -6.18. The van der Waals surface area contributed by atoms with Crippen molar-refractivity contribution >= 4 is 47.8 Å². The molecular formula is C17H17ClN2O5S2. The average molecular weight is 429 g/mol. The predicted molar refractivity (Wildman–Crippen MR) is 106 cm³/mol. The van der Waals surface area contributed by atoms with E-state index in [9.17, 15) is 21.9 Å². The Bertz CT molecular complexity index is 1190. The zero-order valence-electron chi connectivity index (χ0n) is 14.8. The quantitative estimate of drug-likeness (QED) is 0.805. The Morgan fingerprint density at radius 2 is 1.93 bits per heavy atom. The highest BCUT2D eigenvalue weighted by Crippen LogP contribution is 2.42. The van der Waals surface area contributed by atoms with Crippen LogP contribution in [0.3, 0.4) is 0 Å². The fourth-order valence-electron chi connectivity index (χ4n) is 3.06. The van der Waals surface area contributed by atoms with Gasteiger partial charge in [0.25, 0.3) is 0 Å². The van der Waals surface area contributed by atoms with Crippen LogP contribution >= 0.6 is 11.6 Å². The standard InChI is InChI=1S/C17H17ClN2O5S2/c1-10-12(6-7-13(18)15(10)20(2)26(3,22)23)17-16(21)14-11(5-4-8-19-14)9-27(17,24)25/h4-8,21H,9H2,1-3H3. The lowest BCUT2D eigenvalue weighted by Gasteiger charge is -2.25. The largest absolute Gasteiger partial charge is 0.504 e. The Balaban J connectivity index is 2.35. The van der Waals surface area contributed by atoms with Gasteiger partial charge in [-0.2, -0.15) is 0 Å². The van der Waals surface area contributed by atoms with Crippen molar-refractivity contribution in [1.82, 2.24) is 4.98 Å². The van der Waals surface area contributed by atoms with E-state index in [0.29, 0.717) is 11.1 Å². The van der Waals surface area contributed by atoms with Crippen LogP contribution in [0.25, 0.3) is 10.7 Å². The highest BCUT2D eigenvalue weighted by atomic mass is 35.5. The number of anilines is 1. The molecule has 1 aromatic carbocycles. The van der Waals surface area contributed by atoms with Crippen LogP contribution in [0.4, 0.5) is 5.69 Å². The number of hydrogen-bond donors (Lipinski definition) is 1. The minimum absolute atomic E-state index is 0.149. The summed E-state index contributed by atoms with van der Waals surface area (Å²) in [6.45, 7) is 1.56. The van der Waals surface area contributed by atoms with Gasteiger partial charge in [0.15, 0.2) is 15.6 Å². The topological polar surface area (TPSA) is 105 Å². The van der Waals surface area contributed by atoms with E-state index in [2.05, 4.69) is 4.98 Å². The van der Waals surface area contributed by atoms with Gasteiger partial charge in [-0.25, -0.2) is 16.8 Å². The normalized spacial score (nSPS) is 16.1. The molecule has 0 saturated heterocycles. The minimum Gasteiger partial charge on any atom is -0.504 e. The van der Waals surface area contributed by atoms with E-state index in [-0.39, 0.29) is 32.6 Å². The van der Waals surface area contributed by atoms with Crippen molar-refractivity contribution in [2.45, 2.75) is 12.7 Å². The van der Waals surface area contributed by atoms with E-state index in [4.69, 9.17) is 11.6 Å². The second-order valence-corrected chi connectivity index (χ2v) is 10.6. The Morgan fingerprint density at radius 3 is 2.56 bits per heavy atom. The fourth-order valence-corrected chi connectivity index (χ4v) is 5.74. The number of benzene rings is 1. The van der Waals surface area contributed by atoms with E-state index in [1.54, 1.807) is 19.1 Å². The third-order valence-electron chi connectivity index (χ3n) is 4.43. The lowest BCUT2D eigenvalue weighted by molar-refractivity contribution is 0.508. The molecule has 0 atom stereocenters. The minimum atomic E-state index is -3.87. The van der Waals surface area contributed by atoms with Crippen LogP contribution in [0, 0.1) is 6.92 Å². The van der Waals surface area contributed by atoms with Crippen molar-refractivity contribution in [1.29, 1.82) is 0 Å². The van der Waals surface area contributed by atoms with Gasteiger partial charge in [0.2, 0.25) is 10.0 Å².